The summed E-state index contributed by atoms with van der Waals surface area (Å²) < 4.78 is 1.00. The van der Waals surface area contributed by atoms with Crippen molar-refractivity contribution in [3.8, 4) is 0 Å². The van der Waals surface area contributed by atoms with Crippen LogP contribution in [0, 0.1) is 0 Å². The molecule has 0 saturated carbocycles. The molecule has 0 amide bonds. The maximum absolute atomic E-state index is 9.00. The second-order valence-corrected chi connectivity index (χ2v) is 3.61. The molecule has 0 fully saturated rings. The first kappa shape index (κ1) is 9.92. The highest BCUT2D eigenvalue weighted by molar-refractivity contribution is 4.44. The molecule has 1 atom stereocenters. The molecule has 0 heterocycles. The molecule has 2 heteroatoms. The van der Waals surface area contributed by atoms with Gasteiger partial charge in [-0.1, -0.05) is 0 Å². The monoisotopic (exact) mass is 146 g/mol. The summed E-state index contributed by atoms with van der Waals surface area (Å²) in [5.74, 6) is 0. The SMILES string of the molecule is CC[N+](C)(C)CCC(C)O. The van der Waals surface area contributed by atoms with Crippen LogP contribution in [0.2, 0.25) is 0 Å². The van der Waals surface area contributed by atoms with Crippen LogP contribution in [0.4, 0.5) is 0 Å². The summed E-state index contributed by atoms with van der Waals surface area (Å²) in [4.78, 5) is 0. The molecular weight excluding hydrogens is 126 g/mol. The minimum absolute atomic E-state index is 0.149. The van der Waals surface area contributed by atoms with Gasteiger partial charge in [-0.3, -0.25) is 0 Å². The fourth-order valence-electron chi connectivity index (χ4n) is 0.694. The van der Waals surface area contributed by atoms with Gasteiger partial charge in [-0.25, -0.2) is 0 Å². The molecule has 10 heavy (non-hydrogen) atoms. The molecule has 0 rings (SSSR count). The average Bonchev–Trinajstić information content (AvgIpc) is 1.85. The fraction of sp³-hybridized carbons (Fsp3) is 1.00. The summed E-state index contributed by atoms with van der Waals surface area (Å²) in [6, 6.07) is 0. The van der Waals surface area contributed by atoms with Gasteiger partial charge in [0, 0.05) is 6.42 Å². The van der Waals surface area contributed by atoms with Gasteiger partial charge in [0.25, 0.3) is 0 Å². The number of hydrogen-bond acceptors (Lipinski definition) is 1. The molecule has 1 N–H and O–H groups in total. The third-order valence-corrected chi connectivity index (χ3v) is 2.01. The fourth-order valence-corrected chi connectivity index (χ4v) is 0.694. The predicted octanol–water partition coefficient (Wildman–Crippen LogP) is 0.854. The summed E-state index contributed by atoms with van der Waals surface area (Å²) in [5, 5.41) is 9.00. The van der Waals surface area contributed by atoms with Crippen molar-refractivity contribution < 1.29 is 9.59 Å². The summed E-state index contributed by atoms with van der Waals surface area (Å²) in [5.41, 5.74) is 0. The van der Waals surface area contributed by atoms with Crippen LogP contribution in [0.3, 0.4) is 0 Å². The molecule has 0 aliphatic carbocycles. The van der Waals surface area contributed by atoms with E-state index in [-0.39, 0.29) is 6.10 Å². The van der Waals surface area contributed by atoms with Gasteiger partial charge in [0.1, 0.15) is 0 Å². The van der Waals surface area contributed by atoms with Crippen LogP contribution in [-0.4, -0.2) is 42.9 Å². The number of hydrogen-bond donors (Lipinski definition) is 1. The van der Waals surface area contributed by atoms with Gasteiger partial charge in [0.2, 0.25) is 0 Å². The van der Waals surface area contributed by atoms with Crippen molar-refractivity contribution in [1.82, 2.24) is 0 Å². The third-order valence-electron chi connectivity index (χ3n) is 2.01. The molecule has 0 aromatic carbocycles. The largest absolute Gasteiger partial charge is 0.393 e. The van der Waals surface area contributed by atoms with Crippen LogP contribution < -0.4 is 0 Å². The van der Waals surface area contributed by atoms with Gasteiger partial charge >= 0.3 is 0 Å². The molecule has 0 radical (unpaired) electrons. The molecule has 0 aromatic heterocycles. The zero-order valence-electron chi connectivity index (χ0n) is 7.59. The van der Waals surface area contributed by atoms with Crippen molar-refractivity contribution in [2.45, 2.75) is 26.4 Å². The van der Waals surface area contributed by atoms with Crippen molar-refractivity contribution in [1.29, 1.82) is 0 Å². The van der Waals surface area contributed by atoms with Crippen LogP contribution in [0.15, 0.2) is 0 Å². The van der Waals surface area contributed by atoms with Crippen molar-refractivity contribution in [2.75, 3.05) is 27.2 Å². The van der Waals surface area contributed by atoms with Crippen LogP contribution in [0.5, 0.6) is 0 Å². The van der Waals surface area contributed by atoms with E-state index in [9.17, 15) is 0 Å². The van der Waals surface area contributed by atoms with Crippen molar-refractivity contribution >= 4 is 0 Å². The van der Waals surface area contributed by atoms with Gasteiger partial charge < -0.3 is 9.59 Å². The van der Waals surface area contributed by atoms with Crippen LogP contribution in [0.1, 0.15) is 20.3 Å². The Morgan fingerprint density at radius 1 is 1.40 bits per heavy atom. The van der Waals surface area contributed by atoms with E-state index in [1.165, 1.54) is 0 Å². The van der Waals surface area contributed by atoms with Crippen molar-refractivity contribution in [2.24, 2.45) is 0 Å². The highest BCUT2D eigenvalue weighted by Gasteiger charge is 2.11. The average molecular weight is 146 g/mol. The smallest absolute Gasteiger partial charge is 0.0807 e. The number of aliphatic hydroxyl groups excluding tert-OH is 1. The van der Waals surface area contributed by atoms with Gasteiger partial charge in [0.05, 0.1) is 33.3 Å². The molecule has 1 unspecified atom stereocenters. The molecule has 0 aliphatic rings. The molecule has 0 saturated heterocycles. The Hall–Kier alpha value is -0.0800. The van der Waals surface area contributed by atoms with E-state index in [0.717, 1.165) is 24.0 Å². The lowest BCUT2D eigenvalue weighted by Gasteiger charge is -2.28. The Labute approximate surface area is 64.1 Å². The standard InChI is InChI=1S/C8H20NO/c1-5-9(3,4)7-6-8(2)10/h8,10H,5-7H2,1-4H3/q+1. The Morgan fingerprint density at radius 3 is 2.20 bits per heavy atom. The van der Waals surface area contributed by atoms with Gasteiger partial charge in [-0.05, 0) is 13.8 Å². The summed E-state index contributed by atoms with van der Waals surface area (Å²) in [7, 11) is 4.37. The number of rotatable bonds is 4. The van der Waals surface area contributed by atoms with E-state index < -0.39 is 0 Å². The zero-order chi connectivity index (χ0) is 8.20. The molecule has 0 aromatic rings. The van der Waals surface area contributed by atoms with Gasteiger partial charge in [0.15, 0.2) is 0 Å². The number of aliphatic hydroxyl groups is 1. The molecule has 62 valence electrons. The molecular formula is C8H20NO+. The van der Waals surface area contributed by atoms with E-state index in [0.29, 0.717) is 0 Å². The van der Waals surface area contributed by atoms with E-state index in [1.54, 1.807) is 0 Å². The minimum atomic E-state index is -0.149. The Kier molecular flexibility index (Phi) is 3.91. The molecule has 0 bridgehead atoms. The Balaban J connectivity index is 3.46. The first-order valence-corrected chi connectivity index (χ1v) is 3.98. The van der Waals surface area contributed by atoms with Crippen molar-refractivity contribution in [3.63, 3.8) is 0 Å². The van der Waals surface area contributed by atoms with Gasteiger partial charge in [-0.2, -0.15) is 0 Å². The highest BCUT2D eigenvalue weighted by atomic mass is 16.3. The first-order chi connectivity index (χ1) is 4.48. The normalized spacial score (nSPS) is 15.3. The number of quaternary nitrogens is 1. The first-order valence-electron chi connectivity index (χ1n) is 3.98. The minimum Gasteiger partial charge on any atom is -0.393 e. The quantitative estimate of drug-likeness (QED) is 0.583. The summed E-state index contributed by atoms with van der Waals surface area (Å²) >= 11 is 0. The van der Waals surface area contributed by atoms with Crippen molar-refractivity contribution in [3.05, 3.63) is 0 Å². The van der Waals surface area contributed by atoms with Crippen LogP contribution in [-0.2, 0) is 0 Å². The molecule has 2 nitrogen and oxygen atoms in total. The Morgan fingerprint density at radius 2 is 1.90 bits per heavy atom. The zero-order valence-corrected chi connectivity index (χ0v) is 7.59. The van der Waals surface area contributed by atoms with Crippen LogP contribution >= 0.6 is 0 Å². The van der Waals surface area contributed by atoms with E-state index >= 15 is 0 Å². The second kappa shape index (κ2) is 3.94. The van der Waals surface area contributed by atoms with E-state index in [4.69, 9.17) is 5.11 Å². The third kappa shape index (κ3) is 4.77. The second-order valence-electron chi connectivity index (χ2n) is 3.61. The highest BCUT2D eigenvalue weighted by Crippen LogP contribution is 2.00. The van der Waals surface area contributed by atoms with E-state index in [1.807, 2.05) is 6.92 Å². The molecule has 0 aliphatic heterocycles. The lowest BCUT2D eigenvalue weighted by Crippen LogP contribution is -2.41. The van der Waals surface area contributed by atoms with Gasteiger partial charge in [-0.15, -0.1) is 0 Å². The molecule has 0 spiro atoms. The summed E-state index contributed by atoms with van der Waals surface area (Å²) in [6.45, 7) is 6.21. The predicted molar refractivity (Wildman–Crippen MR) is 43.8 cm³/mol. The Bertz CT molecular complexity index is 89.3. The lowest BCUT2D eigenvalue weighted by molar-refractivity contribution is -0.889. The lowest BCUT2D eigenvalue weighted by atomic mass is 10.2. The number of nitrogens with zero attached hydrogens (tertiary/aromatic N) is 1. The topological polar surface area (TPSA) is 20.2 Å². The van der Waals surface area contributed by atoms with Crippen LogP contribution in [0.25, 0.3) is 0 Å². The maximum atomic E-state index is 9.00. The maximum Gasteiger partial charge on any atom is 0.0807 e. The summed E-state index contributed by atoms with van der Waals surface area (Å²) in [6.07, 6.45) is 0.754. The van der Waals surface area contributed by atoms with E-state index in [2.05, 4.69) is 21.0 Å².